The van der Waals surface area contributed by atoms with Gasteiger partial charge in [-0.2, -0.15) is 0 Å². The first-order chi connectivity index (χ1) is 14.6. The lowest BCUT2D eigenvalue weighted by Crippen LogP contribution is -2.69. The van der Waals surface area contributed by atoms with E-state index in [-0.39, 0.29) is 18.1 Å². The van der Waals surface area contributed by atoms with E-state index in [0.29, 0.717) is 24.8 Å². The summed E-state index contributed by atoms with van der Waals surface area (Å²) in [6.07, 6.45) is 4.52. The number of hydrogen-bond donors (Lipinski definition) is 2. The van der Waals surface area contributed by atoms with Gasteiger partial charge in [0.25, 0.3) is 0 Å². The van der Waals surface area contributed by atoms with Gasteiger partial charge in [-0.15, -0.1) is 0 Å². The molecular formula is C24H29FO6. The molecule has 0 aromatic rings. The predicted octanol–water partition coefficient (Wildman–Crippen LogP) is 2.19. The number of rotatable bonds is 3. The molecule has 2 N–H and O–H groups in total. The molecule has 31 heavy (non-hydrogen) atoms. The molecule has 7 heteroatoms. The Morgan fingerprint density at radius 2 is 2.13 bits per heavy atom. The number of carbonyl (C=O) groups is 2. The summed E-state index contributed by atoms with van der Waals surface area (Å²) in [5.74, 6) is -1.51. The average molecular weight is 432 g/mol. The first-order valence-corrected chi connectivity index (χ1v) is 11.0. The van der Waals surface area contributed by atoms with Crippen molar-refractivity contribution in [2.24, 2.45) is 22.7 Å². The summed E-state index contributed by atoms with van der Waals surface area (Å²) < 4.78 is 29.2. The van der Waals surface area contributed by atoms with Gasteiger partial charge < -0.3 is 19.7 Å². The number of fused-ring (bicyclic) bond motifs is 7. The van der Waals surface area contributed by atoms with Crippen LogP contribution in [-0.2, 0) is 19.1 Å². The van der Waals surface area contributed by atoms with Crippen molar-refractivity contribution < 1.29 is 33.7 Å². The molecule has 0 bridgehead atoms. The summed E-state index contributed by atoms with van der Waals surface area (Å²) in [5.41, 5.74) is -4.75. The molecule has 5 aliphatic rings. The van der Waals surface area contributed by atoms with Crippen LogP contribution in [-0.4, -0.2) is 58.2 Å². The molecule has 0 spiro atoms. The van der Waals surface area contributed by atoms with Gasteiger partial charge in [0.05, 0.1) is 12.2 Å². The zero-order chi connectivity index (χ0) is 22.4. The normalized spacial score (nSPS) is 52.6. The molecule has 9 atom stereocenters. The summed E-state index contributed by atoms with van der Waals surface area (Å²) >= 11 is 0. The van der Waals surface area contributed by atoms with Crippen LogP contribution in [0.1, 0.15) is 39.5 Å². The molecule has 168 valence electrons. The van der Waals surface area contributed by atoms with Crippen LogP contribution in [0.5, 0.6) is 0 Å². The Morgan fingerprint density at radius 3 is 2.81 bits per heavy atom. The third kappa shape index (κ3) is 2.25. The zero-order valence-corrected chi connectivity index (χ0v) is 17.8. The van der Waals surface area contributed by atoms with Crippen molar-refractivity contribution in [1.29, 1.82) is 0 Å². The van der Waals surface area contributed by atoms with Crippen LogP contribution in [0.3, 0.4) is 0 Å². The molecule has 6 nitrogen and oxygen atoms in total. The molecule has 0 amide bonds. The molecular weight excluding hydrogens is 403 g/mol. The van der Waals surface area contributed by atoms with Crippen LogP contribution in [0.4, 0.5) is 4.39 Å². The SMILES string of the molecule is C=CC1OC2CC3C4CCC5=CC(=O)C=C[C@]5(C)[C@@]4(F)C(O)C[C@]3(C)[C@]2(C(=O)CO)O1. The summed E-state index contributed by atoms with van der Waals surface area (Å²) in [6, 6.07) is 0. The highest BCUT2D eigenvalue weighted by molar-refractivity contribution is 6.01. The Balaban J connectivity index is 1.63. The van der Waals surface area contributed by atoms with E-state index in [1.807, 2.05) is 6.92 Å². The number of aliphatic hydroxyl groups is 2. The second-order valence-electron chi connectivity index (χ2n) is 10.2. The van der Waals surface area contributed by atoms with Gasteiger partial charge in [-0.05, 0) is 56.8 Å². The number of allylic oxidation sites excluding steroid dienone is 4. The van der Waals surface area contributed by atoms with E-state index in [0.717, 1.165) is 0 Å². The van der Waals surface area contributed by atoms with Crippen LogP contribution in [0.25, 0.3) is 0 Å². The molecule has 3 saturated carbocycles. The largest absolute Gasteiger partial charge is 0.390 e. The Kier molecular flexibility index (Phi) is 4.40. The van der Waals surface area contributed by atoms with Crippen molar-refractivity contribution in [2.45, 2.75) is 69.3 Å². The molecule has 1 heterocycles. The van der Waals surface area contributed by atoms with Crippen molar-refractivity contribution in [3.05, 3.63) is 36.5 Å². The first kappa shape index (κ1) is 21.2. The molecule has 5 rings (SSSR count). The zero-order valence-electron chi connectivity index (χ0n) is 17.8. The van der Waals surface area contributed by atoms with Gasteiger partial charge in [-0.1, -0.05) is 25.2 Å². The topological polar surface area (TPSA) is 93.1 Å². The third-order valence-electron chi connectivity index (χ3n) is 9.15. The van der Waals surface area contributed by atoms with Crippen LogP contribution in [0, 0.1) is 22.7 Å². The fraction of sp³-hybridized carbons (Fsp3) is 0.667. The number of alkyl halides is 1. The molecule has 0 aromatic heterocycles. The quantitative estimate of drug-likeness (QED) is 0.665. The Morgan fingerprint density at radius 1 is 1.39 bits per heavy atom. The van der Waals surface area contributed by atoms with Gasteiger partial charge in [0.15, 0.2) is 29.1 Å². The molecule has 4 fully saturated rings. The third-order valence-corrected chi connectivity index (χ3v) is 9.15. The van der Waals surface area contributed by atoms with Crippen LogP contribution in [0.2, 0.25) is 0 Å². The number of halogens is 1. The van der Waals surface area contributed by atoms with Crippen LogP contribution in [0.15, 0.2) is 36.5 Å². The highest BCUT2D eigenvalue weighted by Gasteiger charge is 2.79. The average Bonchev–Trinajstić information content (AvgIpc) is 3.22. The van der Waals surface area contributed by atoms with Gasteiger partial charge in [-0.3, -0.25) is 9.59 Å². The van der Waals surface area contributed by atoms with E-state index in [4.69, 9.17) is 9.47 Å². The number of hydrogen-bond acceptors (Lipinski definition) is 6. The summed E-state index contributed by atoms with van der Waals surface area (Å²) in [6.45, 7) is 6.58. The standard InChI is InChI=1S/C24H29FO6/c1-4-20-30-19-10-16-15-6-5-13-9-14(27)7-8-21(13,2)23(15,25)17(28)11-22(16,3)24(19,31-20)18(29)12-26/h4,7-9,15-17,19-20,26,28H,1,5-6,10-12H2,2-3H3/t15?,16?,17?,19?,20?,21-,22-,23-,24+/m0/s1. The van der Waals surface area contributed by atoms with E-state index >= 15 is 4.39 Å². The van der Waals surface area contributed by atoms with E-state index in [1.54, 1.807) is 13.0 Å². The Bertz CT molecular complexity index is 927. The lowest BCUT2D eigenvalue weighted by Gasteiger charge is -2.62. The number of aliphatic hydroxyl groups excluding tert-OH is 2. The van der Waals surface area contributed by atoms with Gasteiger partial charge in [0, 0.05) is 16.7 Å². The maximum Gasteiger partial charge on any atom is 0.193 e. The van der Waals surface area contributed by atoms with Crippen molar-refractivity contribution in [3.63, 3.8) is 0 Å². The van der Waals surface area contributed by atoms with E-state index in [1.165, 1.54) is 18.2 Å². The second-order valence-corrected chi connectivity index (χ2v) is 10.2. The van der Waals surface area contributed by atoms with Crippen molar-refractivity contribution in [3.8, 4) is 0 Å². The van der Waals surface area contributed by atoms with E-state index < -0.39 is 58.9 Å². The van der Waals surface area contributed by atoms with Gasteiger partial charge in [0.2, 0.25) is 0 Å². The minimum Gasteiger partial charge on any atom is -0.390 e. The maximum absolute atomic E-state index is 17.1. The van der Waals surface area contributed by atoms with Gasteiger partial charge in [0.1, 0.15) is 6.61 Å². The van der Waals surface area contributed by atoms with Gasteiger partial charge in [-0.25, -0.2) is 4.39 Å². The molecule has 1 aliphatic heterocycles. The Labute approximate surface area is 180 Å². The van der Waals surface area contributed by atoms with E-state index in [9.17, 15) is 19.8 Å². The molecule has 0 aromatic carbocycles. The van der Waals surface area contributed by atoms with Gasteiger partial charge >= 0.3 is 0 Å². The fourth-order valence-electron chi connectivity index (χ4n) is 7.71. The number of Topliss-reactive ketones (excluding diaryl/α,β-unsaturated/α-hetero) is 1. The molecule has 5 unspecified atom stereocenters. The maximum atomic E-state index is 17.1. The summed E-state index contributed by atoms with van der Waals surface area (Å²) in [4.78, 5) is 25.0. The highest BCUT2D eigenvalue weighted by Crippen LogP contribution is 2.71. The second kappa shape index (κ2) is 6.44. The number of ketones is 2. The molecule has 4 aliphatic carbocycles. The lowest BCUT2D eigenvalue weighted by atomic mass is 9.44. The predicted molar refractivity (Wildman–Crippen MR) is 109 cm³/mol. The lowest BCUT2D eigenvalue weighted by molar-refractivity contribution is -0.226. The summed E-state index contributed by atoms with van der Waals surface area (Å²) in [5, 5.41) is 21.1. The van der Waals surface area contributed by atoms with Crippen LogP contribution < -0.4 is 0 Å². The number of ether oxygens (including phenoxy) is 2. The highest BCUT2D eigenvalue weighted by atomic mass is 19.1. The molecule has 1 saturated heterocycles. The fourth-order valence-corrected chi connectivity index (χ4v) is 7.71. The van der Waals surface area contributed by atoms with Crippen molar-refractivity contribution in [1.82, 2.24) is 0 Å². The Hall–Kier alpha value is -1.67. The number of carbonyl (C=O) groups excluding carboxylic acids is 2. The monoisotopic (exact) mass is 432 g/mol. The van der Waals surface area contributed by atoms with Crippen molar-refractivity contribution >= 4 is 11.6 Å². The van der Waals surface area contributed by atoms with Crippen LogP contribution >= 0.6 is 0 Å². The van der Waals surface area contributed by atoms with Crippen molar-refractivity contribution in [2.75, 3.05) is 6.61 Å². The first-order valence-electron chi connectivity index (χ1n) is 11.0. The summed E-state index contributed by atoms with van der Waals surface area (Å²) in [7, 11) is 0. The molecule has 0 radical (unpaired) electrons. The van der Waals surface area contributed by atoms with E-state index in [2.05, 4.69) is 6.58 Å². The minimum absolute atomic E-state index is 0.00914. The minimum atomic E-state index is -1.99. The smallest absolute Gasteiger partial charge is 0.193 e.